The summed E-state index contributed by atoms with van der Waals surface area (Å²) in [4.78, 5) is 27.2. The van der Waals surface area contributed by atoms with Crippen molar-refractivity contribution >= 4 is 29.0 Å². The molecule has 0 unspecified atom stereocenters. The molecule has 1 aromatic carbocycles. The Morgan fingerprint density at radius 1 is 1.18 bits per heavy atom. The molecule has 0 spiro atoms. The van der Waals surface area contributed by atoms with E-state index in [2.05, 4.69) is 35.9 Å². The third-order valence-electron chi connectivity index (χ3n) is 4.90. The Balaban J connectivity index is 1.44. The molecule has 3 heterocycles. The lowest BCUT2D eigenvalue weighted by Gasteiger charge is -2.10. The number of pyridine rings is 1. The van der Waals surface area contributed by atoms with Crippen LogP contribution >= 0.6 is 0 Å². The van der Waals surface area contributed by atoms with Crippen LogP contribution in [0.25, 0.3) is 16.9 Å². The topological polar surface area (TPSA) is 122 Å². The molecule has 2 N–H and O–H groups in total. The first-order chi connectivity index (χ1) is 16.5. The van der Waals surface area contributed by atoms with Crippen molar-refractivity contribution < 1.29 is 9.53 Å². The lowest BCUT2D eigenvalue weighted by atomic mass is 10.1. The van der Waals surface area contributed by atoms with Gasteiger partial charge in [0.25, 0.3) is 5.91 Å². The first kappa shape index (κ1) is 22.8. The summed E-state index contributed by atoms with van der Waals surface area (Å²) in [7, 11) is 5.49. The lowest BCUT2D eigenvalue weighted by Crippen LogP contribution is -2.31. The lowest BCUT2D eigenvalue weighted by molar-refractivity contribution is 0.0951. The number of likely N-dealkylation sites (N-methyl/N-ethyl adjacent to an activating group) is 1. The van der Waals surface area contributed by atoms with Gasteiger partial charge in [0.05, 0.1) is 24.9 Å². The molecule has 4 rings (SSSR count). The number of hydrogen-bond acceptors (Lipinski definition) is 9. The number of amides is 1. The number of carbonyl (C=O) groups excluding carboxylic acids is 1. The molecule has 4 aromatic rings. The van der Waals surface area contributed by atoms with Crippen molar-refractivity contribution in [2.24, 2.45) is 5.10 Å². The molecular formula is C23H25N9O2. The van der Waals surface area contributed by atoms with Crippen LogP contribution in [0.4, 0.5) is 5.82 Å². The molecule has 0 fully saturated rings. The van der Waals surface area contributed by atoms with E-state index in [1.54, 1.807) is 42.4 Å². The number of rotatable bonds is 9. The van der Waals surface area contributed by atoms with Gasteiger partial charge in [-0.3, -0.25) is 10.2 Å². The second kappa shape index (κ2) is 10.5. The number of hydrazone groups is 1. The second-order valence-corrected chi connectivity index (χ2v) is 7.61. The van der Waals surface area contributed by atoms with Crippen LogP contribution in [-0.4, -0.2) is 76.0 Å². The molecule has 11 nitrogen and oxygen atoms in total. The van der Waals surface area contributed by atoms with Gasteiger partial charge < -0.3 is 15.0 Å². The van der Waals surface area contributed by atoms with E-state index in [1.807, 2.05) is 43.3 Å². The Morgan fingerprint density at radius 3 is 2.76 bits per heavy atom. The van der Waals surface area contributed by atoms with Gasteiger partial charge in [0.15, 0.2) is 17.3 Å². The number of hydrogen-bond donors (Lipinski definition) is 2. The predicted octanol–water partition coefficient (Wildman–Crippen LogP) is 1.96. The van der Waals surface area contributed by atoms with Crippen LogP contribution in [0.3, 0.4) is 0 Å². The maximum atomic E-state index is 12.2. The third-order valence-corrected chi connectivity index (χ3v) is 4.90. The Hall–Kier alpha value is -4.38. The van der Waals surface area contributed by atoms with Crippen LogP contribution in [0.5, 0.6) is 5.88 Å². The largest absolute Gasteiger partial charge is 0.481 e. The molecule has 0 radical (unpaired) electrons. The van der Waals surface area contributed by atoms with E-state index in [0.29, 0.717) is 40.7 Å². The summed E-state index contributed by atoms with van der Waals surface area (Å²) in [6.07, 6.45) is 4.73. The Labute approximate surface area is 196 Å². The first-order valence-electron chi connectivity index (χ1n) is 10.6. The van der Waals surface area contributed by atoms with Gasteiger partial charge in [0.2, 0.25) is 5.88 Å². The molecule has 1 amide bonds. The van der Waals surface area contributed by atoms with E-state index < -0.39 is 0 Å². The molecule has 34 heavy (non-hydrogen) atoms. The molecule has 3 aromatic heterocycles. The molecule has 0 aliphatic carbocycles. The number of carbonyl (C=O) groups is 1. The van der Waals surface area contributed by atoms with Crippen LogP contribution < -0.4 is 15.5 Å². The van der Waals surface area contributed by atoms with Crippen molar-refractivity contribution in [1.29, 1.82) is 0 Å². The average molecular weight is 460 g/mol. The first-order valence-corrected chi connectivity index (χ1v) is 10.6. The fraction of sp³-hybridized carbons (Fsp3) is 0.217. The van der Waals surface area contributed by atoms with Gasteiger partial charge in [-0.1, -0.05) is 18.2 Å². The summed E-state index contributed by atoms with van der Waals surface area (Å²) in [5, 5.41) is 12.2. The van der Waals surface area contributed by atoms with Crippen LogP contribution in [-0.2, 0) is 0 Å². The molecule has 0 atom stereocenters. The van der Waals surface area contributed by atoms with Gasteiger partial charge in [0.1, 0.15) is 6.33 Å². The minimum absolute atomic E-state index is 0.102. The minimum Gasteiger partial charge on any atom is -0.481 e. The fourth-order valence-corrected chi connectivity index (χ4v) is 3.12. The molecule has 174 valence electrons. The standard InChI is InChI=1S/C23H25N9O2/c1-31(2)12-11-24-23(33)17-9-7-16(8-10-17)13-27-30-21-18-14-28-32(22(18)26-15-25-21)19-5-4-6-20(29-19)34-3/h4-10,13-15H,11-12H2,1-3H3,(H,24,33)(H,25,26,30)/b27-13-. The smallest absolute Gasteiger partial charge is 0.251 e. The highest BCUT2D eigenvalue weighted by Crippen LogP contribution is 2.21. The van der Waals surface area contributed by atoms with Crippen LogP contribution in [0, 0.1) is 0 Å². The predicted molar refractivity (Wildman–Crippen MR) is 130 cm³/mol. The molecule has 11 heteroatoms. The normalized spacial score (nSPS) is 11.3. The summed E-state index contributed by atoms with van der Waals surface area (Å²) in [5.41, 5.74) is 4.95. The highest BCUT2D eigenvalue weighted by molar-refractivity contribution is 5.95. The monoisotopic (exact) mass is 459 g/mol. The summed E-state index contributed by atoms with van der Waals surface area (Å²) < 4.78 is 6.80. The molecule has 0 bridgehead atoms. The zero-order chi connectivity index (χ0) is 23.9. The van der Waals surface area contributed by atoms with Crippen molar-refractivity contribution in [3.8, 4) is 11.7 Å². The zero-order valence-electron chi connectivity index (χ0n) is 19.1. The van der Waals surface area contributed by atoms with Crippen molar-refractivity contribution in [3.05, 3.63) is 66.1 Å². The van der Waals surface area contributed by atoms with Crippen LogP contribution in [0.2, 0.25) is 0 Å². The molecule has 0 aliphatic rings. The van der Waals surface area contributed by atoms with E-state index in [-0.39, 0.29) is 5.91 Å². The van der Waals surface area contributed by atoms with E-state index in [4.69, 9.17) is 4.74 Å². The van der Waals surface area contributed by atoms with E-state index in [9.17, 15) is 4.79 Å². The number of fused-ring (bicyclic) bond motifs is 1. The highest BCUT2D eigenvalue weighted by Gasteiger charge is 2.12. The van der Waals surface area contributed by atoms with Gasteiger partial charge in [-0.15, -0.1) is 0 Å². The number of benzene rings is 1. The Bertz CT molecular complexity index is 1300. The maximum Gasteiger partial charge on any atom is 0.251 e. The second-order valence-electron chi connectivity index (χ2n) is 7.61. The van der Waals surface area contributed by atoms with Crippen molar-refractivity contribution in [1.82, 2.24) is 34.9 Å². The maximum absolute atomic E-state index is 12.2. The highest BCUT2D eigenvalue weighted by atomic mass is 16.5. The van der Waals surface area contributed by atoms with Crippen molar-refractivity contribution in [2.45, 2.75) is 0 Å². The Kier molecular flexibility index (Phi) is 7.04. The fourth-order valence-electron chi connectivity index (χ4n) is 3.12. The number of nitrogens with one attached hydrogen (secondary N) is 2. The van der Waals surface area contributed by atoms with E-state index in [1.165, 1.54) is 6.33 Å². The van der Waals surface area contributed by atoms with Crippen molar-refractivity contribution in [2.75, 3.05) is 39.7 Å². The average Bonchev–Trinajstić information content (AvgIpc) is 3.29. The molecule has 0 aliphatic heterocycles. The van der Waals surface area contributed by atoms with Gasteiger partial charge in [-0.25, -0.2) is 9.97 Å². The third kappa shape index (κ3) is 5.33. The summed E-state index contributed by atoms with van der Waals surface area (Å²) >= 11 is 0. The molecule has 0 saturated carbocycles. The van der Waals surface area contributed by atoms with E-state index >= 15 is 0 Å². The van der Waals surface area contributed by atoms with Gasteiger partial charge in [-0.05, 0) is 37.9 Å². The minimum atomic E-state index is -0.102. The number of ether oxygens (including phenoxy) is 1. The molecule has 0 saturated heterocycles. The number of anilines is 1. The Morgan fingerprint density at radius 2 is 2.00 bits per heavy atom. The number of methoxy groups -OCH3 is 1. The van der Waals surface area contributed by atoms with Crippen LogP contribution in [0.15, 0.2) is 60.1 Å². The summed E-state index contributed by atoms with van der Waals surface area (Å²) in [6.45, 7) is 1.38. The molecular weight excluding hydrogens is 434 g/mol. The van der Waals surface area contributed by atoms with Gasteiger partial charge >= 0.3 is 0 Å². The zero-order valence-corrected chi connectivity index (χ0v) is 19.1. The number of nitrogens with zero attached hydrogens (tertiary/aromatic N) is 7. The SMILES string of the molecule is COc1cccc(-n2ncc3c(N/N=C\c4ccc(C(=O)NCCN(C)C)cc4)ncnc32)n1. The quantitative estimate of drug-likeness (QED) is 0.288. The van der Waals surface area contributed by atoms with Crippen LogP contribution in [0.1, 0.15) is 15.9 Å². The van der Waals surface area contributed by atoms with Gasteiger partial charge in [0, 0.05) is 24.7 Å². The number of aromatic nitrogens is 5. The van der Waals surface area contributed by atoms with Crippen molar-refractivity contribution in [3.63, 3.8) is 0 Å². The summed E-state index contributed by atoms with van der Waals surface area (Å²) in [6, 6.07) is 12.6. The van der Waals surface area contributed by atoms with Gasteiger partial charge in [-0.2, -0.15) is 19.9 Å². The summed E-state index contributed by atoms with van der Waals surface area (Å²) in [5.74, 6) is 1.46. The van der Waals surface area contributed by atoms with E-state index in [0.717, 1.165) is 12.1 Å².